The lowest BCUT2D eigenvalue weighted by atomic mass is 10.2. The molecule has 4 heteroatoms. The molecule has 3 heterocycles. The molecule has 16 heavy (non-hydrogen) atoms. The summed E-state index contributed by atoms with van der Waals surface area (Å²) >= 11 is 1.53. The van der Waals surface area contributed by atoms with E-state index in [1.165, 1.54) is 27.1 Å². The fourth-order valence-electron chi connectivity index (χ4n) is 2.17. The lowest BCUT2D eigenvalue weighted by Gasteiger charge is -2.03. The van der Waals surface area contributed by atoms with Crippen molar-refractivity contribution in [3.8, 4) is 0 Å². The van der Waals surface area contributed by atoms with Crippen LogP contribution in [0.5, 0.6) is 0 Å². The Hall–Kier alpha value is -1.94. The first-order valence-corrected chi connectivity index (χ1v) is 5.80. The number of fused-ring (bicyclic) bond motifs is 6. The molecule has 0 aliphatic heterocycles. The van der Waals surface area contributed by atoms with Crippen molar-refractivity contribution in [2.45, 2.75) is 0 Å². The Morgan fingerprint density at radius 3 is 3.06 bits per heavy atom. The monoisotopic (exact) mass is 225 g/mol. The van der Waals surface area contributed by atoms with Crippen LogP contribution in [0.2, 0.25) is 0 Å². The van der Waals surface area contributed by atoms with Crippen LogP contribution in [0.3, 0.4) is 0 Å². The fraction of sp³-hybridized carbons (Fsp3) is 0. The number of hydrogen-bond donors (Lipinski definition) is 0. The van der Waals surface area contributed by atoms with Gasteiger partial charge in [-0.15, -0.1) is 0 Å². The predicted octanol–water partition coefficient (Wildman–Crippen LogP) is 3.10. The Bertz CT molecular complexity index is 744. The van der Waals surface area contributed by atoms with E-state index in [0.29, 0.717) is 0 Å². The summed E-state index contributed by atoms with van der Waals surface area (Å²) in [6.45, 7) is 0. The standard InChI is InChI=1S/C12H7N3S/c1-2-4-10-8(3-1)11-9(7-14-16-11)12-13-5-6-15(10)12/h1-7H. The van der Waals surface area contributed by atoms with E-state index >= 15 is 0 Å². The average Bonchev–Trinajstić information content (AvgIpc) is 2.98. The lowest BCUT2D eigenvalue weighted by molar-refractivity contribution is 1.27. The van der Waals surface area contributed by atoms with Crippen LogP contribution in [0, 0.1) is 0 Å². The summed E-state index contributed by atoms with van der Waals surface area (Å²) < 4.78 is 7.60. The summed E-state index contributed by atoms with van der Waals surface area (Å²) in [5.74, 6) is 0. The van der Waals surface area contributed by atoms with E-state index in [1.54, 1.807) is 0 Å². The summed E-state index contributed by atoms with van der Waals surface area (Å²) in [5, 5.41) is 2.37. The van der Waals surface area contributed by atoms with Gasteiger partial charge in [0.05, 0.1) is 21.8 Å². The highest BCUT2D eigenvalue weighted by Crippen LogP contribution is 2.30. The molecular formula is C12H7N3S. The molecule has 0 bridgehead atoms. The zero-order valence-corrected chi connectivity index (χ0v) is 9.11. The first-order chi connectivity index (χ1) is 7.95. The molecule has 3 aromatic heterocycles. The largest absolute Gasteiger partial charge is 0.299 e. The molecule has 0 saturated carbocycles. The van der Waals surface area contributed by atoms with Crippen molar-refractivity contribution in [2.24, 2.45) is 0 Å². The van der Waals surface area contributed by atoms with Gasteiger partial charge in [-0.05, 0) is 17.6 Å². The van der Waals surface area contributed by atoms with Crippen LogP contribution in [0.25, 0.3) is 26.6 Å². The molecule has 0 N–H and O–H groups in total. The summed E-state index contributed by atoms with van der Waals surface area (Å²) in [5.41, 5.74) is 2.18. The smallest absolute Gasteiger partial charge is 0.147 e. The van der Waals surface area contributed by atoms with E-state index in [0.717, 1.165) is 11.0 Å². The normalized spacial score (nSPS) is 11.8. The third-order valence-electron chi connectivity index (χ3n) is 2.86. The van der Waals surface area contributed by atoms with Gasteiger partial charge in [-0.25, -0.2) is 4.98 Å². The van der Waals surface area contributed by atoms with E-state index in [9.17, 15) is 0 Å². The zero-order chi connectivity index (χ0) is 10.5. The van der Waals surface area contributed by atoms with Gasteiger partial charge in [0.2, 0.25) is 0 Å². The van der Waals surface area contributed by atoms with Gasteiger partial charge in [0.15, 0.2) is 0 Å². The Kier molecular flexibility index (Phi) is 1.44. The highest BCUT2D eigenvalue weighted by Gasteiger charge is 2.09. The van der Waals surface area contributed by atoms with Crippen LogP contribution in [-0.2, 0) is 0 Å². The molecule has 4 aromatic rings. The van der Waals surface area contributed by atoms with Gasteiger partial charge in [-0.1, -0.05) is 18.2 Å². The molecule has 0 atom stereocenters. The Balaban J connectivity index is 2.51. The molecule has 0 saturated heterocycles. The van der Waals surface area contributed by atoms with Crippen molar-refractivity contribution in [1.82, 2.24) is 13.8 Å². The maximum Gasteiger partial charge on any atom is 0.147 e. The number of imidazole rings is 1. The second-order valence-corrected chi connectivity index (χ2v) is 4.51. The third-order valence-corrected chi connectivity index (χ3v) is 3.69. The first kappa shape index (κ1) is 8.24. The quantitative estimate of drug-likeness (QED) is 0.460. The number of para-hydroxylation sites is 1. The van der Waals surface area contributed by atoms with E-state index < -0.39 is 0 Å². The minimum atomic E-state index is 0.988. The molecule has 0 spiro atoms. The minimum Gasteiger partial charge on any atom is -0.299 e. The Morgan fingerprint density at radius 2 is 2.06 bits per heavy atom. The number of rotatable bonds is 0. The maximum absolute atomic E-state index is 4.40. The molecule has 0 aliphatic rings. The van der Waals surface area contributed by atoms with Crippen LogP contribution in [0.4, 0.5) is 0 Å². The molecule has 0 fully saturated rings. The maximum atomic E-state index is 4.40. The molecule has 0 aliphatic carbocycles. The predicted molar refractivity (Wildman–Crippen MR) is 65.9 cm³/mol. The third kappa shape index (κ3) is 0.875. The van der Waals surface area contributed by atoms with E-state index in [-0.39, 0.29) is 0 Å². The van der Waals surface area contributed by atoms with Gasteiger partial charge in [-0.2, -0.15) is 4.37 Å². The number of hydrogen-bond acceptors (Lipinski definition) is 3. The Labute approximate surface area is 95.1 Å². The topological polar surface area (TPSA) is 30.2 Å². The van der Waals surface area contributed by atoms with Crippen LogP contribution in [0.1, 0.15) is 0 Å². The van der Waals surface area contributed by atoms with Gasteiger partial charge >= 0.3 is 0 Å². The molecule has 0 unspecified atom stereocenters. The van der Waals surface area contributed by atoms with E-state index in [2.05, 4.69) is 38.0 Å². The molecular weight excluding hydrogens is 218 g/mol. The summed E-state index contributed by atoms with van der Waals surface area (Å²) in [6.07, 6.45) is 5.72. The average molecular weight is 225 g/mol. The number of aromatic nitrogens is 3. The van der Waals surface area contributed by atoms with Gasteiger partial charge in [-0.3, -0.25) is 4.40 Å². The summed E-state index contributed by atoms with van der Waals surface area (Å²) in [4.78, 5) is 4.40. The van der Waals surface area contributed by atoms with Crippen molar-refractivity contribution in [2.75, 3.05) is 0 Å². The van der Waals surface area contributed by atoms with Crippen LogP contribution in [0.15, 0.2) is 42.9 Å². The molecule has 3 nitrogen and oxygen atoms in total. The van der Waals surface area contributed by atoms with Crippen LogP contribution in [-0.4, -0.2) is 13.8 Å². The second kappa shape index (κ2) is 2.80. The minimum absolute atomic E-state index is 0.988. The van der Waals surface area contributed by atoms with E-state index in [4.69, 9.17) is 0 Å². The van der Waals surface area contributed by atoms with Crippen molar-refractivity contribution in [3.05, 3.63) is 42.9 Å². The highest BCUT2D eigenvalue weighted by atomic mass is 32.1. The van der Waals surface area contributed by atoms with Gasteiger partial charge < -0.3 is 0 Å². The lowest BCUT2D eigenvalue weighted by Crippen LogP contribution is -1.87. The molecule has 4 rings (SSSR count). The SMILES string of the molecule is c1ccc2c(c1)c1sncc1c1nccn21. The summed E-state index contributed by atoms with van der Waals surface area (Å²) in [7, 11) is 0. The van der Waals surface area contributed by atoms with Crippen LogP contribution >= 0.6 is 11.5 Å². The van der Waals surface area contributed by atoms with Crippen molar-refractivity contribution < 1.29 is 0 Å². The number of pyridine rings is 1. The van der Waals surface area contributed by atoms with Crippen LogP contribution < -0.4 is 0 Å². The van der Waals surface area contributed by atoms with Gasteiger partial charge in [0, 0.05) is 17.8 Å². The number of nitrogens with zero attached hydrogens (tertiary/aromatic N) is 3. The van der Waals surface area contributed by atoms with Crippen molar-refractivity contribution >= 4 is 38.2 Å². The van der Waals surface area contributed by atoms with Gasteiger partial charge in [0.25, 0.3) is 0 Å². The molecule has 1 aromatic carbocycles. The van der Waals surface area contributed by atoms with Crippen molar-refractivity contribution in [3.63, 3.8) is 0 Å². The highest BCUT2D eigenvalue weighted by molar-refractivity contribution is 7.14. The first-order valence-electron chi connectivity index (χ1n) is 5.03. The Morgan fingerprint density at radius 1 is 1.12 bits per heavy atom. The molecule has 0 amide bonds. The van der Waals surface area contributed by atoms with Crippen molar-refractivity contribution in [1.29, 1.82) is 0 Å². The molecule has 76 valence electrons. The fourth-order valence-corrected chi connectivity index (χ4v) is 2.94. The second-order valence-electron chi connectivity index (χ2n) is 3.71. The number of benzene rings is 1. The molecule has 0 radical (unpaired) electrons. The van der Waals surface area contributed by atoms with E-state index in [1.807, 2.05) is 18.6 Å². The summed E-state index contributed by atoms with van der Waals surface area (Å²) in [6, 6.07) is 8.36. The van der Waals surface area contributed by atoms with Gasteiger partial charge in [0.1, 0.15) is 5.65 Å². The zero-order valence-electron chi connectivity index (χ0n) is 8.29.